The third-order valence-corrected chi connectivity index (χ3v) is 5.99. The number of methoxy groups -OCH3 is 1. The van der Waals surface area contributed by atoms with Crippen molar-refractivity contribution in [3.05, 3.63) is 0 Å². The van der Waals surface area contributed by atoms with E-state index in [0.717, 1.165) is 12.8 Å². The average molecular weight is 306 g/mol. The molecule has 0 aromatic heterocycles. The third kappa shape index (κ3) is 2.60. The second kappa shape index (κ2) is 6.31. The van der Waals surface area contributed by atoms with Crippen LogP contribution >= 0.6 is 0 Å². The molecule has 0 aromatic carbocycles. The molecular formula is C18H26O4. The maximum atomic E-state index is 12.0. The molecule has 0 saturated heterocycles. The van der Waals surface area contributed by atoms with Crippen molar-refractivity contribution in [1.82, 2.24) is 0 Å². The van der Waals surface area contributed by atoms with E-state index < -0.39 is 17.8 Å². The first-order valence-electron chi connectivity index (χ1n) is 8.54. The number of hydrogen-bond acceptors (Lipinski definition) is 4. The van der Waals surface area contributed by atoms with Crippen molar-refractivity contribution in [1.29, 1.82) is 0 Å². The molecule has 0 aliphatic heterocycles. The molecule has 3 rings (SSSR count). The highest BCUT2D eigenvalue weighted by atomic mass is 16.5. The molecule has 0 amide bonds. The van der Waals surface area contributed by atoms with Crippen LogP contribution in [0.4, 0.5) is 0 Å². The van der Waals surface area contributed by atoms with Gasteiger partial charge in [-0.15, -0.1) is 0 Å². The zero-order valence-corrected chi connectivity index (χ0v) is 13.3. The molecule has 5 atom stereocenters. The lowest BCUT2D eigenvalue weighted by molar-refractivity contribution is -0.190. The van der Waals surface area contributed by atoms with E-state index in [-0.39, 0.29) is 23.5 Å². The Kier molecular flexibility index (Phi) is 4.59. The summed E-state index contributed by atoms with van der Waals surface area (Å²) in [5.74, 6) is 6.17. The molecule has 22 heavy (non-hydrogen) atoms. The summed E-state index contributed by atoms with van der Waals surface area (Å²) >= 11 is 0. The molecule has 3 fully saturated rings. The van der Waals surface area contributed by atoms with E-state index in [4.69, 9.17) is 4.74 Å². The van der Waals surface area contributed by atoms with Gasteiger partial charge in [-0.3, -0.25) is 4.79 Å². The van der Waals surface area contributed by atoms with Gasteiger partial charge in [0.1, 0.15) is 11.7 Å². The molecule has 122 valence electrons. The maximum absolute atomic E-state index is 12.0. The molecule has 5 unspecified atom stereocenters. The Balaban J connectivity index is 1.71. The summed E-state index contributed by atoms with van der Waals surface area (Å²) < 4.78 is 5.50. The lowest BCUT2D eigenvalue weighted by Gasteiger charge is -2.53. The lowest BCUT2D eigenvalue weighted by atomic mass is 9.55. The van der Waals surface area contributed by atoms with E-state index in [1.165, 1.54) is 19.3 Å². The highest BCUT2D eigenvalue weighted by molar-refractivity contribution is 5.94. The summed E-state index contributed by atoms with van der Waals surface area (Å²) in [6.45, 7) is 0. The molecule has 2 N–H and O–H groups in total. The molecule has 4 heteroatoms. The molecule has 3 aliphatic carbocycles. The summed E-state index contributed by atoms with van der Waals surface area (Å²) in [6, 6.07) is 0. The first-order valence-corrected chi connectivity index (χ1v) is 8.54. The van der Waals surface area contributed by atoms with Gasteiger partial charge in [0.15, 0.2) is 5.78 Å². The SMILES string of the molecule is COC12CCC(O)C(C#CC(O)C3CCCCC3)C1CC2=O. The van der Waals surface area contributed by atoms with Gasteiger partial charge in [-0.2, -0.15) is 0 Å². The monoisotopic (exact) mass is 306 g/mol. The number of carbonyl (C=O) groups is 1. The van der Waals surface area contributed by atoms with Crippen molar-refractivity contribution in [2.24, 2.45) is 17.8 Å². The van der Waals surface area contributed by atoms with E-state index in [1.807, 2.05) is 0 Å². The number of Topliss-reactive ketones (excluding diaryl/α,β-unsaturated/α-hetero) is 1. The zero-order valence-electron chi connectivity index (χ0n) is 13.3. The molecule has 0 bridgehead atoms. The number of ether oxygens (including phenoxy) is 1. The second-order valence-corrected chi connectivity index (χ2v) is 7.09. The van der Waals surface area contributed by atoms with Crippen molar-refractivity contribution in [2.75, 3.05) is 7.11 Å². The summed E-state index contributed by atoms with van der Waals surface area (Å²) in [5.41, 5.74) is -0.728. The van der Waals surface area contributed by atoms with Gasteiger partial charge in [0.25, 0.3) is 0 Å². The van der Waals surface area contributed by atoms with Crippen molar-refractivity contribution in [3.8, 4) is 11.8 Å². The van der Waals surface area contributed by atoms with Gasteiger partial charge < -0.3 is 14.9 Å². The molecule has 0 aromatic rings. The summed E-state index contributed by atoms with van der Waals surface area (Å²) in [4.78, 5) is 12.0. The van der Waals surface area contributed by atoms with Crippen LogP contribution in [0.2, 0.25) is 0 Å². The number of rotatable bonds is 2. The second-order valence-electron chi connectivity index (χ2n) is 7.09. The topological polar surface area (TPSA) is 66.8 Å². The van der Waals surface area contributed by atoms with Crippen LogP contribution in [0.25, 0.3) is 0 Å². The van der Waals surface area contributed by atoms with Crippen molar-refractivity contribution >= 4 is 5.78 Å². The first kappa shape index (κ1) is 16.0. The Bertz CT molecular complexity index is 485. The lowest BCUT2D eigenvalue weighted by Crippen LogP contribution is -2.64. The maximum Gasteiger partial charge on any atom is 0.165 e. The van der Waals surface area contributed by atoms with Crippen molar-refractivity contribution < 1.29 is 19.7 Å². The largest absolute Gasteiger partial charge is 0.392 e. The fourth-order valence-corrected chi connectivity index (χ4v) is 4.48. The Hall–Kier alpha value is -0.890. The minimum atomic E-state index is -0.728. The average Bonchev–Trinajstić information content (AvgIpc) is 2.54. The van der Waals surface area contributed by atoms with Crippen LogP contribution in [0.1, 0.15) is 51.4 Å². The predicted octanol–water partition coefficient (Wildman–Crippen LogP) is 1.68. The summed E-state index contributed by atoms with van der Waals surface area (Å²) in [5, 5.41) is 20.5. The van der Waals surface area contributed by atoms with Gasteiger partial charge in [0.2, 0.25) is 0 Å². The molecule has 0 heterocycles. The van der Waals surface area contributed by atoms with Gasteiger partial charge >= 0.3 is 0 Å². The smallest absolute Gasteiger partial charge is 0.165 e. The molecule has 0 radical (unpaired) electrons. The number of aliphatic hydroxyl groups excluding tert-OH is 2. The van der Waals surface area contributed by atoms with Crippen LogP contribution in [0.15, 0.2) is 0 Å². The molecular weight excluding hydrogens is 280 g/mol. The quantitative estimate of drug-likeness (QED) is 0.762. The van der Waals surface area contributed by atoms with E-state index in [2.05, 4.69) is 11.8 Å². The number of fused-ring (bicyclic) bond motifs is 1. The molecule has 0 spiro atoms. The molecule has 4 nitrogen and oxygen atoms in total. The Morgan fingerprint density at radius 1 is 1.27 bits per heavy atom. The normalized spacial score (nSPS) is 40.1. The number of carbonyl (C=O) groups excluding carboxylic acids is 1. The van der Waals surface area contributed by atoms with Crippen LogP contribution in [-0.4, -0.2) is 40.9 Å². The van der Waals surface area contributed by atoms with Crippen molar-refractivity contribution in [3.63, 3.8) is 0 Å². The Morgan fingerprint density at radius 2 is 2.00 bits per heavy atom. The number of aliphatic hydroxyl groups is 2. The van der Waals surface area contributed by atoms with E-state index in [0.29, 0.717) is 19.3 Å². The minimum Gasteiger partial charge on any atom is -0.392 e. The minimum absolute atomic E-state index is 0.0280. The van der Waals surface area contributed by atoms with Crippen LogP contribution < -0.4 is 0 Å². The van der Waals surface area contributed by atoms with Crippen molar-refractivity contribution in [2.45, 2.75) is 69.2 Å². The third-order valence-electron chi connectivity index (χ3n) is 5.99. The zero-order chi connectivity index (χ0) is 15.7. The van der Waals surface area contributed by atoms with Gasteiger partial charge in [-0.05, 0) is 31.6 Å². The van der Waals surface area contributed by atoms with Crippen LogP contribution in [0.5, 0.6) is 0 Å². The van der Waals surface area contributed by atoms with E-state index in [9.17, 15) is 15.0 Å². The van der Waals surface area contributed by atoms with Crippen LogP contribution in [0.3, 0.4) is 0 Å². The van der Waals surface area contributed by atoms with Crippen LogP contribution in [0, 0.1) is 29.6 Å². The fraction of sp³-hybridized carbons (Fsp3) is 0.833. The molecule has 3 aliphatic rings. The summed E-state index contributed by atoms with van der Waals surface area (Å²) in [7, 11) is 1.57. The molecule has 3 saturated carbocycles. The Labute approximate surface area is 132 Å². The van der Waals surface area contributed by atoms with E-state index in [1.54, 1.807) is 7.11 Å². The highest BCUT2D eigenvalue weighted by Gasteiger charge is 2.61. The van der Waals surface area contributed by atoms with Gasteiger partial charge in [0, 0.05) is 19.4 Å². The Morgan fingerprint density at radius 3 is 2.64 bits per heavy atom. The van der Waals surface area contributed by atoms with Gasteiger partial charge in [-0.1, -0.05) is 31.1 Å². The standard InChI is InChI=1S/C18H26O4/c1-22-18-10-9-16(20)13(14(18)11-17(18)21)7-8-15(19)12-5-3-2-4-6-12/h12-16,19-20H,2-6,9-11H2,1H3. The summed E-state index contributed by atoms with van der Waals surface area (Å²) in [6.07, 6.45) is 6.07. The van der Waals surface area contributed by atoms with Crippen LogP contribution in [-0.2, 0) is 9.53 Å². The fourth-order valence-electron chi connectivity index (χ4n) is 4.48. The van der Waals surface area contributed by atoms with Gasteiger partial charge in [0.05, 0.1) is 12.0 Å². The number of ketones is 1. The van der Waals surface area contributed by atoms with E-state index >= 15 is 0 Å². The first-order chi connectivity index (χ1) is 10.6. The van der Waals surface area contributed by atoms with Gasteiger partial charge in [-0.25, -0.2) is 0 Å². The number of hydrogen-bond donors (Lipinski definition) is 2. The predicted molar refractivity (Wildman–Crippen MR) is 81.9 cm³/mol. The highest BCUT2D eigenvalue weighted by Crippen LogP contribution is 2.50.